The van der Waals surface area contributed by atoms with Crippen LogP contribution in [0.15, 0.2) is 24.3 Å². The number of benzene rings is 1. The minimum absolute atomic E-state index is 0. The van der Waals surface area contributed by atoms with Crippen molar-refractivity contribution >= 4 is 53.7 Å². The number of nitrogens with one attached hydrogen (secondary N) is 2. The van der Waals surface area contributed by atoms with Crippen LogP contribution in [0.3, 0.4) is 0 Å². The highest BCUT2D eigenvalue weighted by molar-refractivity contribution is 7.13. The summed E-state index contributed by atoms with van der Waals surface area (Å²) in [5.41, 5.74) is 0.763. The zero-order valence-corrected chi connectivity index (χ0v) is 18.6. The van der Waals surface area contributed by atoms with Crippen LogP contribution in [-0.2, 0) is 6.61 Å². The van der Waals surface area contributed by atoms with Crippen LogP contribution in [0.25, 0.3) is 0 Å². The van der Waals surface area contributed by atoms with Gasteiger partial charge in [-0.05, 0) is 56.9 Å². The van der Waals surface area contributed by atoms with Gasteiger partial charge >= 0.3 is 0 Å². The van der Waals surface area contributed by atoms with Crippen LogP contribution in [0.2, 0.25) is 5.02 Å². The Morgan fingerprint density at radius 1 is 1.25 bits per heavy atom. The minimum atomic E-state index is -0.0101. The van der Waals surface area contributed by atoms with Crippen molar-refractivity contribution in [2.75, 3.05) is 0 Å². The number of carbonyl (C=O) groups excluding carboxylic acids is 1. The standard InChI is InChI=1S/C19H22ClN3O2S.2ClH/c1-11-18(19(24)23-15-8-13-4-5-14(9-15)22-13)26-17(21-11)10-25-16-6-2-12(20)3-7-16;;/h2-3,6-7,13-15,22H,4-5,8-10H2,1H3,(H,23,24);2*1H. The van der Waals surface area contributed by atoms with Crippen LogP contribution in [0.4, 0.5) is 0 Å². The fraction of sp³-hybridized carbons (Fsp3) is 0.474. The number of amides is 1. The summed E-state index contributed by atoms with van der Waals surface area (Å²) in [4.78, 5) is 17.9. The van der Waals surface area contributed by atoms with E-state index in [4.69, 9.17) is 16.3 Å². The molecule has 5 nitrogen and oxygen atoms in total. The third-order valence-electron chi connectivity index (χ3n) is 5.03. The maximum absolute atomic E-state index is 12.7. The molecule has 3 heterocycles. The molecule has 2 bridgehead atoms. The number of hydrogen-bond acceptors (Lipinski definition) is 5. The van der Waals surface area contributed by atoms with Gasteiger partial charge in [0.25, 0.3) is 5.91 Å². The molecule has 0 saturated carbocycles. The zero-order chi connectivity index (χ0) is 18.1. The number of nitrogens with zero attached hydrogens (tertiary/aromatic N) is 1. The Bertz CT molecular complexity index is 788. The maximum atomic E-state index is 12.7. The average molecular weight is 465 g/mol. The van der Waals surface area contributed by atoms with Crippen LogP contribution in [0.5, 0.6) is 5.75 Å². The first-order valence-corrected chi connectivity index (χ1v) is 10.2. The van der Waals surface area contributed by atoms with Gasteiger partial charge < -0.3 is 15.4 Å². The molecule has 2 saturated heterocycles. The van der Waals surface area contributed by atoms with Crippen LogP contribution < -0.4 is 15.4 Å². The molecule has 0 radical (unpaired) electrons. The molecule has 1 aromatic heterocycles. The number of aryl methyl sites for hydroxylation is 1. The molecular formula is C19H24Cl3N3O2S. The summed E-state index contributed by atoms with van der Waals surface area (Å²) < 4.78 is 5.73. The summed E-state index contributed by atoms with van der Waals surface area (Å²) in [6, 6.07) is 8.60. The van der Waals surface area contributed by atoms with Gasteiger partial charge in [-0.1, -0.05) is 11.6 Å². The van der Waals surface area contributed by atoms with Gasteiger partial charge in [0.05, 0.1) is 5.69 Å². The van der Waals surface area contributed by atoms with Crippen molar-refractivity contribution in [1.82, 2.24) is 15.6 Å². The molecule has 1 amide bonds. The quantitative estimate of drug-likeness (QED) is 0.682. The maximum Gasteiger partial charge on any atom is 0.263 e. The SMILES string of the molecule is Cc1nc(COc2ccc(Cl)cc2)sc1C(=O)NC1CC2CCC(C1)N2.Cl.Cl. The van der Waals surface area contributed by atoms with Crippen molar-refractivity contribution in [3.8, 4) is 5.75 Å². The van der Waals surface area contributed by atoms with E-state index in [0.717, 1.165) is 29.3 Å². The van der Waals surface area contributed by atoms with Gasteiger partial charge in [0, 0.05) is 23.1 Å². The fourth-order valence-corrected chi connectivity index (χ4v) is 4.83. The number of halogens is 3. The third kappa shape index (κ3) is 5.51. The molecular weight excluding hydrogens is 441 g/mol. The summed E-state index contributed by atoms with van der Waals surface area (Å²) in [7, 11) is 0. The Morgan fingerprint density at radius 3 is 2.54 bits per heavy atom. The highest BCUT2D eigenvalue weighted by atomic mass is 35.5. The molecule has 2 fully saturated rings. The van der Waals surface area contributed by atoms with Crippen molar-refractivity contribution in [3.05, 3.63) is 44.9 Å². The molecule has 28 heavy (non-hydrogen) atoms. The molecule has 2 atom stereocenters. The number of hydrogen-bond donors (Lipinski definition) is 2. The largest absolute Gasteiger partial charge is 0.486 e. The van der Waals surface area contributed by atoms with Crippen LogP contribution in [0, 0.1) is 6.92 Å². The van der Waals surface area contributed by atoms with Crippen molar-refractivity contribution in [2.45, 2.75) is 57.3 Å². The Hall–Kier alpha value is -1.05. The molecule has 2 aliphatic rings. The second-order valence-corrected chi connectivity index (χ2v) is 8.56. The lowest BCUT2D eigenvalue weighted by atomic mass is 10.00. The summed E-state index contributed by atoms with van der Waals surface area (Å²) in [5.74, 6) is 0.725. The van der Waals surface area contributed by atoms with Gasteiger partial charge in [-0.25, -0.2) is 4.98 Å². The third-order valence-corrected chi connectivity index (χ3v) is 6.41. The molecule has 2 aromatic rings. The summed E-state index contributed by atoms with van der Waals surface area (Å²) >= 11 is 7.28. The Balaban J connectivity index is 0.00000140. The number of fused-ring (bicyclic) bond motifs is 2. The smallest absolute Gasteiger partial charge is 0.263 e. The van der Waals surface area contributed by atoms with Gasteiger partial charge in [0.15, 0.2) is 0 Å². The normalized spacial score (nSPS) is 22.7. The number of carbonyl (C=O) groups is 1. The van der Waals surface area contributed by atoms with Crippen LogP contribution in [0.1, 0.15) is 46.1 Å². The van der Waals surface area contributed by atoms with E-state index in [1.807, 2.05) is 19.1 Å². The van der Waals surface area contributed by atoms with Gasteiger partial charge in [-0.15, -0.1) is 36.2 Å². The lowest BCUT2D eigenvalue weighted by molar-refractivity contribution is 0.0927. The first kappa shape index (κ1) is 23.2. The predicted molar refractivity (Wildman–Crippen MR) is 118 cm³/mol. The molecule has 2 aliphatic heterocycles. The molecule has 2 unspecified atom stereocenters. The molecule has 0 aliphatic carbocycles. The minimum Gasteiger partial charge on any atom is -0.486 e. The summed E-state index contributed by atoms with van der Waals surface area (Å²) in [5, 5.41) is 8.28. The lowest BCUT2D eigenvalue weighted by Crippen LogP contribution is -2.48. The van der Waals surface area contributed by atoms with Crippen molar-refractivity contribution in [2.24, 2.45) is 0 Å². The van der Waals surface area contributed by atoms with Crippen LogP contribution >= 0.6 is 47.8 Å². The second-order valence-electron chi connectivity index (χ2n) is 7.04. The molecule has 2 N–H and O–H groups in total. The number of ether oxygens (including phenoxy) is 1. The lowest BCUT2D eigenvalue weighted by Gasteiger charge is -2.29. The molecule has 154 valence electrons. The predicted octanol–water partition coefficient (Wildman–Crippen LogP) is 4.54. The molecule has 4 rings (SSSR count). The van der Waals surface area contributed by atoms with E-state index in [9.17, 15) is 4.79 Å². The molecule has 1 aromatic carbocycles. The molecule has 0 spiro atoms. The van der Waals surface area contributed by atoms with Gasteiger partial charge in [-0.2, -0.15) is 0 Å². The fourth-order valence-electron chi connectivity index (χ4n) is 3.83. The number of piperidine rings is 1. The van der Waals surface area contributed by atoms with Crippen LogP contribution in [-0.4, -0.2) is 29.0 Å². The summed E-state index contributed by atoms with van der Waals surface area (Å²) in [6.07, 6.45) is 4.49. The highest BCUT2D eigenvalue weighted by Crippen LogP contribution is 2.28. The highest BCUT2D eigenvalue weighted by Gasteiger charge is 2.34. The monoisotopic (exact) mass is 463 g/mol. The van der Waals surface area contributed by atoms with Gasteiger partial charge in [0.2, 0.25) is 0 Å². The van der Waals surface area contributed by atoms with E-state index in [1.54, 1.807) is 12.1 Å². The van der Waals surface area contributed by atoms with E-state index in [0.29, 0.717) is 28.6 Å². The topological polar surface area (TPSA) is 63.2 Å². The van der Waals surface area contributed by atoms with E-state index < -0.39 is 0 Å². The van der Waals surface area contributed by atoms with Gasteiger partial charge in [0.1, 0.15) is 22.2 Å². The van der Waals surface area contributed by atoms with Crippen molar-refractivity contribution in [3.63, 3.8) is 0 Å². The Morgan fingerprint density at radius 2 is 1.89 bits per heavy atom. The zero-order valence-electron chi connectivity index (χ0n) is 15.4. The number of rotatable bonds is 5. The molecule has 9 heteroatoms. The summed E-state index contributed by atoms with van der Waals surface area (Å²) in [6.45, 7) is 2.22. The van der Waals surface area contributed by atoms with Crippen molar-refractivity contribution in [1.29, 1.82) is 0 Å². The Kier molecular flexibility index (Phi) is 8.40. The first-order chi connectivity index (χ1) is 12.6. The number of aromatic nitrogens is 1. The number of thiazole rings is 1. The van der Waals surface area contributed by atoms with Crippen molar-refractivity contribution < 1.29 is 9.53 Å². The average Bonchev–Trinajstić information content (AvgIpc) is 3.16. The second kappa shape index (κ2) is 10.1. The first-order valence-electron chi connectivity index (χ1n) is 8.98. The van der Waals surface area contributed by atoms with E-state index in [1.165, 1.54) is 24.2 Å². The van der Waals surface area contributed by atoms with E-state index in [2.05, 4.69) is 15.6 Å². The van der Waals surface area contributed by atoms with Gasteiger partial charge in [-0.3, -0.25) is 4.79 Å². The Labute approximate surface area is 186 Å². The van der Waals surface area contributed by atoms with E-state index >= 15 is 0 Å². The van der Waals surface area contributed by atoms with E-state index in [-0.39, 0.29) is 36.8 Å².